The van der Waals surface area contributed by atoms with Crippen LogP contribution in [-0.4, -0.2) is 44.6 Å². The Morgan fingerprint density at radius 1 is 1.10 bits per heavy atom. The molecule has 0 radical (unpaired) electrons. The maximum Gasteiger partial charge on any atom is 0.405 e. The first-order valence-corrected chi connectivity index (χ1v) is 9.39. The minimum atomic E-state index is -4.36. The van der Waals surface area contributed by atoms with E-state index < -0.39 is 12.7 Å². The predicted molar refractivity (Wildman–Crippen MR) is 110 cm³/mol. The molecule has 0 bridgehead atoms. The van der Waals surface area contributed by atoms with Gasteiger partial charge in [0.1, 0.15) is 23.6 Å². The lowest BCUT2D eigenvalue weighted by Crippen LogP contribution is -2.22. The van der Waals surface area contributed by atoms with Crippen molar-refractivity contribution in [3.63, 3.8) is 0 Å². The zero-order valence-corrected chi connectivity index (χ0v) is 16.8. The Balaban J connectivity index is 1.63. The molecule has 4 rings (SSSR count). The van der Waals surface area contributed by atoms with Crippen LogP contribution in [0.1, 0.15) is 11.4 Å². The summed E-state index contributed by atoms with van der Waals surface area (Å²) in [5.41, 5.74) is 3.10. The molecule has 1 N–H and O–H groups in total. The molecule has 10 heteroatoms. The van der Waals surface area contributed by atoms with Crippen molar-refractivity contribution in [2.45, 2.75) is 12.6 Å². The van der Waals surface area contributed by atoms with E-state index in [-0.39, 0.29) is 5.82 Å². The second-order valence-corrected chi connectivity index (χ2v) is 6.96. The van der Waals surface area contributed by atoms with Gasteiger partial charge < -0.3 is 10.1 Å². The van der Waals surface area contributed by atoms with Gasteiger partial charge in [-0.1, -0.05) is 12.1 Å². The topological polar surface area (TPSA) is 77.8 Å². The van der Waals surface area contributed by atoms with Crippen LogP contribution in [0.15, 0.2) is 49.1 Å². The average molecular weight is 428 g/mol. The Morgan fingerprint density at radius 2 is 1.94 bits per heavy atom. The summed E-state index contributed by atoms with van der Waals surface area (Å²) >= 11 is 0. The number of nitrogens with zero attached hydrogens (tertiary/aromatic N) is 5. The number of anilines is 1. The number of rotatable bonds is 6. The standard InChI is InChI=1S/C21H19F3N6O/c1-30-11-16(10-28-30)13-3-4-14(17(7-13)31-2)8-18-26-9-15-5-6-25-20(19(15)29-18)27-12-21(22,23)24/h3-7,9-11H,8,12H2,1-2H3,(H,25,27). The van der Waals surface area contributed by atoms with Gasteiger partial charge >= 0.3 is 6.18 Å². The van der Waals surface area contributed by atoms with Crippen LogP contribution < -0.4 is 10.1 Å². The first kappa shape index (κ1) is 20.6. The quantitative estimate of drug-likeness (QED) is 0.500. The van der Waals surface area contributed by atoms with Crippen LogP contribution in [0, 0.1) is 0 Å². The fourth-order valence-corrected chi connectivity index (χ4v) is 3.20. The second-order valence-electron chi connectivity index (χ2n) is 6.96. The van der Waals surface area contributed by atoms with Gasteiger partial charge in [0.25, 0.3) is 0 Å². The van der Waals surface area contributed by atoms with Gasteiger partial charge in [-0.2, -0.15) is 18.3 Å². The smallest absolute Gasteiger partial charge is 0.405 e. The van der Waals surface area contributed by atoms with Crippen molar-refractivity contribution in [3.8, 4) is 16.9 Å². The van der Waals surface area contributed by atoms with E-state index in [1.165, 1.54) is 6.20 Å². The van der Waals surface area contributed by atoms with Crippen molar-refractivity contribution < 1.29 is 17.9 Å². The molecule has 1 aromatic carbocycles. The Labute approximate surface area is 175 Å². The molecule has 0 unspecified atom stereocenters. The molecule has 0 fully saturated rings. The second kappa shape index (κ2) is 8.21. The van der Waals surface area contributed by atoms with Crippen LogP contribution in [0.5, 0.6) is 5.75 Å². The summed E-state index contributed by atoms with van der Waals surface area (Å²) in [4.78, 5) is 12.8. The highest BCUT2D eigenvalue weighted by atomic mass is 19.4. The molecular formula is C21H19F3N6O. The van der Waals surface area contributed by atoms with E-state index in [1.54, 1.807) is 30.3 Å². The van der Waals surface area contributed by atoms with Gasteiger partial charge in [-0.25, -0.2) is 15.0 Å². The Kier molecular flexibility index (Phi) is 5.45. The SMILES string of the molecule is COc1cc(-c2cnn(C)c2)ccc1Cc1ncc2ccnc(NCC(F)(F)F)c2n1. The number of fused-ring (bicyclic) bond motifs is 1. The fourth-order valence-electron chi connectivity index (χ4n) is 3.20. The molecule has 4 aromatic rings. The minimum absolute atomic E-state index is 0.0670. The lowest BCUT2D eigenvalue weighted by molar-refractivity contribution is -0.115. The lowest BCUT2D eigenvalue weighted by atomic mass is 10.0. The minimum Gasteiger partial charge on any atom is -0.496 e. The molecule has 3 aromatic heterocycles. The molecule has 0 atom stereocenters. The number of hydrogen-bond acceptors (Lipinski definition) is 6. The number of ether oxygens (including phenoxy) is 1. The Morgan fingerprint density at radius 3 is 2.65 bits per heavy atom. The summed E-state index contributed by atoms with van der Waals surface area (Å²) < 4.78 is 45.1. The highest BCUT2D eigenvalue weighted by Gasteiger charge is 2.27. The summed E-state index contributed by atoms with van der Waals surface area (Å²) in [5, 5.41) is 7.09. The molecule has 31 heavy (non-hydrogen) atoms. The third-order valence-corrected chi connectivity index (χ3v) is 4.68. The van der Waals surface area contributed by atoms with E-state index in [9.17, 15) is 13.2 Å². The molecule has 0 spiro atoms. The van der Waals surface area contributed by atoms with Crippen LogP contribution in [-0.2, 0) is 13.5 Å². The van der Waals surface area contributed by atoms with E-state index in [0.29, 0.717) is 28.9 Å². The number of nitrogens with one attached hydrogen (secondary N) is 1. The van der Waals surface area contributed by atoms with E-state index in [2.05, 4.69) is 25.4 Å². The van der Waals surface area contributed by atoms with Gasteiger partial charge in [-0.3, -0.25) is 4.68 Å². The van der Waals surface area contributed by atoms with E-state index in [4.69, 9.17) is 4.74 Å². The van der Waals surface area contributed by atoms with Crippen LogP contribution >= 0.6 is 0 Å². The van der Waals surface area contributed by atoms with Crippen LogP contribution in [0.4, 0.5) is 19.0 Å². The molecule has 0 aliphatic rings. The maximum absolute atomic E-state index is 12.6. The number of aromatic nitrogens is 5. The van der Waals surface area contributed by atoms with Crippen LogP contribution in [0.2, 0.25) is 0 Å². The van der Waals surface area contributed by atoms with Gasteiger partial charge in [0.05, 0.1) is 13.3 Å². The molecule has 0 saturated carbocycles. The monoisotopic (exact) mass is 428 g/mol. The summed E-state index contributed by atoms with van der Waals surface area (Å²) in [6.45, 7) is -1.19. The summed E-state index contributed by atoms with van der Waals surface area (Å²) in [5.74, 6) is 1.17. The number of hydrogen-bond donors (Lipinski definition) is 1. The lowest BCUT2D eigenvalue weighted by Gasteiger charge is -2.12. The Hall–Kier alpha value is -3.69. The fraction of sp³-hybridized carbons (Fsp3) is 0.238. The van der Waals surface area contributed by atoms with Crippen molar-refractivity contribution >= 4 is 16.7 Å². The molecule has 3 heterocycles. The highest BCUT2D eigenvalue weighted by Crippen LogP contribution is 2.29. The Bertz CT molecular complexity index is 1220. The van der Waals surface area contributed by atoms with Crippen molar-refractivity contribution in [1.82, 2.24) is 24.7 Å². The highest BCUT2D eigenvalue weighted by molar-refractivity contribution is 5.87. The molecule has 0 amide bonds. The maximum atomic E-state index is 12.6. The van der Waals surface area contributed by atoms with Crippen molar-refractivity contribution in [3.05, 3.63) is 60.4 Å². The first-order chi connectivity index (χ1) is 14.8. The van der Waals surface area contributed by atoms with E-state index >= 15 is 0 Å². The zero-order valence-electron chi connectivity index (χ0n) is 16.8. The van der Waals surface area contributed by atoms with Crippen molar-refractivity contribution in [2.75, 3.05) is 19.0 Å². The van der Waals surface area contributed by atoms with Crippen molar-refractivity contribution in [1.29, 1.82) is 0 Å². The summed E-state index contributed by atoms with van der Waals surface area (Å²) in [7, 11) is 3.43. The average Bonchev–Trinajstić information content (AvgIpc) is 3.18. The number of alkyl halides is 3. The van der Waals surface area contributed by atoms with Gasteiger partial charge in [0.2, 0.25) is 0 Å². The number of pyridine rings is 1. The largest absolute Gasteiger partial charge is 0.496 e. The molecule has 160 valence electrons. The van der Waals surface area contributed by atoms with E-state index in [1.807, 2.05) is 31.4 Å². The van der Waals surface area contributed by atoms with E-state index in [0.717, 1.165) is 16.7 Å². The van der Waals surface area contributed by atoms with Crippen LogP contribution in [0.25, 0.3) is 22.0 Å². The number of halogens is 3. The van der Waals surface area contributed by atoms with Gasteiger partial charge in [-0.05, 0) is 17.7 Å². The number of methoxy groups -OCH3 is 1. The number of benzene rings is 1. The van der Waals surface area contributed by atoms with Gasteiger partial charge in [0, 0.05) is 48.6 Å². The predicted octanol–water partition coefficient (Wildman–Crippen LogP) is 4.00. The van der Waals surface area contributed by atoms with Crippen LogP contribution in [0.3, 0.4) is 0 Å². The third kappa shape index (κ3) is 4.73. The molecule has 7 nitrogen and oxygen atoms in total. The molecular weight excluding hydrogens is 409 g/mol. The first-order valence-electron chi connectivity index (χ1n) is 9.39. The van der Waals surface area contributed by atoms with Crippen molar-refractivity contribution in [2.24, 2.45) is 7.05 Å². The van der Waals surface area contributed by atoms with Gasteiger partial charge in [0.15, 0.2) is 5.82 Å². The number of aryl methyl sites for hydroxylation is 1. The summed E-state index contributed by atoms with van der Waals surface area (Å²) in [6, 6.07) is 7.43. The summed E-state index contributed by atoms with van der Waals surface area (Å²) in [6.07, 6.45) is 2.66. The normalized spacial score (nSPS) is 11.6. The molecule has 0 aliphatic carbocycles. The third-order valence-electron chi connectivity index (χ3n) is 4.68. The molecule has 0 saturated heterocycles. The van der Waals surface area contributed by atoms with Gasteiger partial charge in [-0.15, -0.1) is 0 Å². The zero-order chi connectivity index (χ0) is 22.0. The molecule has 0 aliphatic heterocycles.